The second-order valence-corrected chi connectivity index (χ2v) is 20.6. The predicted octanol–water partition coefficient (Wildman–Crippen LogP) is 18.4. The van der Waals surface area contributed by atoms with Crippen molar-refractivity contribution in [3.8, 4) is 50.2 Å². The van der Waals surface area contributed by atoms with Gasteiger partial charge in [0.15, 0.2) is 0 Å². The Morgan fingerprint density at radius 3 is 1.63 bits per heavy atom. The number of hydrogen-bond donors (Lipinski definition) is 0. The van der Waals surface area contributed by atoms with E-state index < -0.39 is 10.8 Å². The lowest BCUT2D eigenvalue weighted by Crippen LogP contribution is -2.33. The fourth-order valence-electron chi connectivity index (χ4n) is 14.4. The van der Waals surface area contributed by atoms with E-state index in [1.54, 1.807) is 0 Å². The molecule has 0 N–H and O–H groups in total. The molecule has 76 heavy (non-hydrogen) atoms. The van der Waals surface area contributed by atoms with E-state index in [-0.39, 0.29) is 0 Å². The van der Waals surface area contributed by atoms with E-state index in [9.17, 15) is 0 Å². The van der Waals surface area contributed by atoms with E-state index >= 15 is 0 Å². The van der Waals surface area contributed by atoms with Gasteiger partial charge in [-0.3, -0.25) is 0 Å². The van der Waals surface area contributed by atoms with Gasteiger partial charge in [-0.05, 0) is 131 Å². The van der Waals surface area contributed by atoms with Gasteiger partial charge in [0.2, 0.25) is 0 Å². The summed E-state index contributed by atoms with van der Waals surface area (Å²) in [6.07, 6.45) is 8.37. The summed E-state index contributed by atoms with van der Waals surface area (Å²) in [6, 6.07) is 95.7. The minimum Gasteiger partial charge on any atom is -0.309 e. The summed E-state index contributed by atoms with van der Waals surface area (Å²) >= 11 is 0. The van der Waals surface area contributed by atoms with E-state index in [1.807, 2.05) is 12.2 Å². The summed E-state index contributed by atoms with van der Waals surface area (Å²) in [5.74, 6) is 0. The zero-order valence-corrected chi connectivity index (χ0v) is 41.7. The van der Waals surface area contributed by atoms with E-state index in [0.29, 0.717) is 0 Å². The van der Waals surface area contributed by atoms with Crippen molar-refractivity contribution in [3.05, 3.63) is 336 Å². The third kappa shape index (κ3) is 5.49. The number of allylic oxidation sites excluding steroid dienone is 4. The van der Waals surface area contributed by atoms with Gasteiger partial charge in [-0.15, -0.1) is 0 Å². The van der Waals surface area contributed by atoms with Crippen LogP contribution >= 0.6 is 0 Å². The normalized spacial score (nSPS) is 15.6. The topological polar surface area (TPSA) is 8.17 Å². The summed E-state index contributed by atoms with van der Waals surface area (Å²) in [5.41, 5.74) is 27.3. The number of aromatic nitrogens is 1. The van der Waals surface area contributed by atoms with Crippen molar-refractivity contribution in [2.24, 2.45) is 0 Å². The van der Waals surface area contributed by atoms with Crippen LogP contribution in [0.2, 0.25) is 0 Å². The van der Waals surface area contributed by atoms with Gasteiger partial charge in [-0.25, -0.2) is 0 Å². The molecule has 1 atom stereocenters. The molecule has 1 aromatic heterocycles. The highest BCUT2D eigenvalue weighted by Gasteiger charge is 2.53. The van der Waals surface area contributed by atoms with E-state index in [2.05, 4.69) is 283 Å². The third-order valence-electron chi connectivity index (χ3n) is 17.2. The Kier molecular flexibility index (Phi) is 9.06. The maximum Gasteiger partial charge on any atom is 0.0754 e. The first-order valence-corrected chi connectivity index (χ1v) is 26.5. The molecule has 0 bridgehead atoms. The molecule has 16 rings (SSSR count). The Morgan fingerprint density at radius 2 is 0.921 bits per heavy atom. The van der Waals surface area contributed by atoms with Crippen LogP contribution in [0.3, 0.4) is 0 Å². The highest BCUT2D eigenvalue weighted by atomic mass is 15.2. The summed E-state index contributed by atoms with van der Waals surface area (Å²) in [6.45, 7) is 4.15. The van der Waals surface area contributed by atoms with Crippen molar-refractivity contribution in [1.29, 1.82) is 0 Å². The average Bonchev–Trinajstić information content (AvgIpc) is 4.35. The van der Waals surface area contributed by atoms with Gasteiger partial charge in [-0.2, -0.15) is 0 Å². The highest BCUT2D eigenvalue weighted by Crippen LogP contribution is 2.66. The fourth-order valence-corrected chi connectivity index (χ4v) is 14.4. The van der Waals surface area contributed by atoms with Crippen LogP contribution in [-0.4, -0.2) is 4.57 Å². The maximum atomic E-state index is 4.15. The number of nitrogens with zero attached hydrogens (tertiary/aromatic N) is 2. The van der Waals surface area contributed by atoms with Crippen molar-refractivity contribution in [3.63, 3.8) is 0 Å². The summed E-state index contributed by atoms with van der Waals surface area (Å²) in [5, 5.41) is 2.54. The molecule has 2 heteroatoms. The molecule has 3 aliphatic carbocycles. The second kappa shape index (κ2) is 16.1. The molecule has 0 fully saturated rings. The Labute approximate surface area is 442 Å². The molecular weight excluding hydrogens is 917 g/mol. The minimum atomic E-state index is -0.616. The maximum absolute atomic E-state index is 4.15. The molecule has 0 amide bonds. The number of hydrogen-bond acceptors (Lipinski definition) is 1. The van der Waals surface area contributed by atoms with Crippen LogP contribution in [0.1, 0.15) is 50.1 Å². The molecule has 1 unspecified atom stereocenters. The Balaban J connectivity index is 0.988. The van der Waals surface area contributed by atoms with Gasteiger partial charge in [0.25, 0.3) is 0 Å². The molecule has 0 saturated heterocycles. The highest BCUT2D eigenvalue weighted by molar-refractivity contribution is 6.13. The fraction of sp³-hybridized carbons (Fsp3) is 0.0270. The molecule has 0 radical (unpaired) electrons. The summed E-state index contributed by atoms with van der Waals surface area (Å²) in [7, 11) is 0. The number of para-hydroxylation sites is 3. The van der Waals surface area contributed by atoms with Crippen molar-refractivity contribution in [2.45, 2.75) is 10.8 Å². The molecule has 354 valence electrons. The van der Waals surface area contributed by atoms with Gasteiger partial charge in [0.1, 0.15) is 0 Å². The summed E-state index contributed by atoms with van der Waals surface area (Å²) < 4.78 is 2.53. The lowest BCUT2D eigenvalue weighted by atomic mass is 9.65. The minimum absolute atomic E-state index is 0.506. The molecule has 12 aromatic rings. The van der Waals surface area contributed by atoms with Crippen molar-refractivity contribution in [1.82, 2.24) is 4.57 Å². The molecule has 2 spiro atoms. The molecule has 2 heterocycles. The molecule has 4 aliphatic rings. The monoisotopic (exact) mass is 964 g/mol. The number of benzene rings is 11. The first-order chi connectivity index (χ1) is 37.7. The number of anilines is 2. The van der Waals surface area contributed by atoms with Gasteiger partial charge >= 0.3 is 0 Å². The van der Waals surface area contributed by atoms with Crippen LogP contribution in [0.25, 0.3) is 77.7 Å². The second-order valence-electron chi connectivity index (χ2n) is 20.6. The zero-order chi connectivity index (χ0) is 50.1. The third-order valence-corrected chi connectivity index (χ3v) is 17.2. The van der Waals surface area contributed by atoms with Crippen LogP contribution in [0.5, 0.6) is 0 Å². The lowest BCUT2D eigenvalue weighted by Gasteiger charge is -2.40. The van der Waals surface area contributed by atoms with E-state index in [4.69, 9.17) is 0 Å². The molecule has 1 aliphatic heterocycles. The van der Waals surface area contributed by atoms with E-state index in [0.717, 1.165) is 22.6 Å². The van der Waals surface area contributed by atoms with Crippen molar-refractivity contribution >= 4 is 38.9 Å². The van der Waals surface area contributed by atoms with Crippen LogP contribution < -0.4 is 4.90 Å². The van der Waals surface area contributed by atoms with Gasteiger partial charge in [0.05, 0.1) is 38.9 Å². The van der Waals surface area contributed by atoms with Crippen LogP contribution in [0, 0.1) is 0 Å². The van der Waals surface area contributed by atoms with Crippen LogP contribution in [0.15, 0.2) is 286 Å². The predicted molar refractivity (Wildman–Crippen MR) is 316 cm³/mol. The average molecular weight is 965 g/mol. The molecule has 2 nitrogen and oxygen atoms in total. The van der Waals surface area contributed by atoms with Gasteiger partial charge in [0, 0.05) is 22.0 Å². The number of rotatable bonds is 7. The zero-order valence-electron chi connectivity index (χ0n) is 41.7. The summed E-state index contributed by atoms with van der Waals surface area (Å²) in [4.78, 5) is 2.54. The standard InChI is InChI=1S/C74H48N2/c1-2-3-5-37-67(50-43-46-55-54-26-10-15-32-61(54)74(66(55)47-50)63-34-17-19-39-69(63)76-68-38-18-12-27-56(68)57-29-20-36-65(74)72(57)76)75(51-44-41-49(42-45-51)48-22-6-4-7-23-48)70-40-21-35-64-71(70)58-28-11-16-33-62(58)73(64)59-30-13-8-24-52(59)53-25-9-14-31-60(53)73/h2-47H,1H2/b5-3-,67-37-. The van der Waals surface area contributed by atoms with E-state index in [1.165, 1.54) is 117 Å². The Bertz CT molecular complexity index is 4440. The van der Waals surface area contributed by atoms with Gasteiger partial charge in [-0.1, -0.05) is 243 Å². The van der Waals surface area contributed by atoms with Crippen molar-refractivity contribution < 1.29 is 0 Å². The SMILES string of the molecule is C=C/C=C\C=C(\c1ccc2c(c1)C1(c3ccccc3-2)c2ccccc2-n2c3ccccc3c3cccc1c32)N(c1ccc(-c2ccccc2)cc1)c1cccc2c1-c1ccccc1C21c2ccccc2-c2ccccc21. The molecule has 11 aromatic carbocycles. The Hall–Kier alpha value is -9.76. The van der Waals surface area contributed by atoms with Crippen LogP contribution in [-0.2, 0) is 10.8 Å². The first-order valence-electron chi connectivity index (χ1n) is 26.5. The molecule has 0 saturated carbocycles. The number of fused-ring (bicyclic) bond motifs is 22. The Morgan fingerprint density at radius 1 is 0.395 bits per heavy atom. The quantitative estimate of drug-likeness (QED) is 0.145. The first kappa shape index (κ1) is 42.7. The smallest absolute Gasteiger partial charge is 0.0754 e. The molecular formula is C74H48N2. The van der Waals surface area contributed by atoms with Crippen molar-refractivity contribution in [2.75, 3.05) is 4.90 Å². The van der Waals surface area contributed by atoms with Gasteiger partial charge < -0.3 is 9.47 Å². The lowest BCUT2D eigenvalue weighted by molar-refractivity contribution is 0.748. The van der Waals surface area contributed by atoms with Crippen LogP contribution in [0.4, 0.5) is 11.4 Å². The largest absolute Gasteiger partial charge is 0.309 e.